The molecule has 26 heavy (non-hydrogen) atoms. The molecule has 1 N–H and O–H groups in total. The molecule has 1 aromatic heterocycles. The number of hydrogen-bond acceptors (Lipinski definition) is 3. The van der Waals surface area contributed by atoms with E-state index >= 15 is 0 Å². The van der Waals surface area contributed by atoms with Gasteiger partial charge in [0.05, 0.1) is 12.1 Å². The van der Waals surface area contributed by atoms with Crippen LogP contribution in [-0.2, 0) is 6.54 Å². The third-order valence-electron chi connectivity index (χ3n) is 4.09. The van der Waals surface area contributed by atoms with Crippen LogP contribution < -0.4 is 10.1 Å². The Balaban J connectivity index is 1.67. The SMILES string of the molecule is CCCCOc1ccc(F)c(CNC(=O)c2ccc3ncccc3c2)c1. The van der Waals surface area contributed by atoms with Gasteiger partial charge in [-0.2, -0.15) is 0 Å². The fourth-order valence-corrected chi connectivity index (χ4v) is 2.61. The van der Waals surface area contributed by atoms with Gasteiger partial charge in [0, 0.05) is 29.3 Å². The van der Waals surface area contributed by atoms with Crippen molar-refractivity contribution < 1.29 is 13.9 Å². The van der Waals surface area contributed by atoms with Gasteiger partial charge in [-0.25, -0.2) is 4.39 Å². The minimum absolute atomic E-state index is 0.0979. The molecule has 1 heterocycles. The molecule has 134 valence electrons. The second kappa shape index (κ2) is 8.43. The van der Waals surface area contributed by atoms with Gasteiger partial charge in [-0.3, -0.25) is 9.78 Å². The number of benzene rings is 2. The molecule has 0 radical (unpaired) electrons. The molecular formula is C21H21FN2O2. The topological polar surface area (TPSA) is 51.2 Å². The highest BCUT2D eigenvalue weighted by Gasteiger charge is 2.09. The van der Waals surface area contributed by atoms with Gasteiger partial charge in [0.15, 0.2) is 0 Å². The first-order valence-electron chi connectivity index (χ1n) is 8.71. The van der Waals surface area contributed by atoms with Crippen LogP contribution in [0.4, 0.5) is 4.39 Å². The Labute approximate surface area is 152 Å². The number of fused-ring (bicyclic) bond motifs is 1. The molecular weight excluding hydrogens is 331 g/mol. The van der Waals surface area contributed by atoms with Gasteiger partial charge in [-0.05, 0) is 48.9 Å². The predicted molar refractivity (Wildman–Crippen MR) is 99.7 cm³/mol. The first-order valence-corrected chi connectivity index (χ1v) is 8.71. The van der Waals surface area contributed by atoms with E-state index in [1.165, 1.54) is 6.07 Å². The van der Waals surface area contributed by atoms with Crippen LogP contribution in [0.3, 0.4) is 0 Å². The number of aromatic nitrogens is 1. The predicted octanol–water partition coefficient (Wildman–Crippen LogP) is 4.48. The van der Waals surface area contributed by atoms with Gasteiger partial charge in [-0.1, -0.05) is 19.4 Å². The van der Waals surface area contributed by atoms with Crippen LogP contribution in [0.5, 0.6) is 5.75 Å². The van der Waals surface area contributed by atoms with E-state index in [2.05, 4.69) is 17.2 Å². The van der Waals surface area contributed by atoms with Gasteiger partial charge in [-0.15, -0.1) is 0 Å². The molecule has 0 aliphatic heterocycles. The third kappa shape index (κ3) is 4.36. The summed E-state index contributed by atoms with van der Waals surface area (Å²) >= 11 is 0. The number of unbranched alkanes of at least 4 members (excludes halogenated alkanes) is 1. The molecule has 2 aromatic carbocycles. The summed E-state index contributed by atoms with van der Waals surface area (Å²) < 4.78 is 19.6. The lowest BCUT2D eigenvalue weighted by atomic mass is 10.1. The fraction of sp³-hybridized carbons (Fsp3) is 0.238. The molecule has 0 saturated carbocycles. The Morgan fingerprint density at radius 3 is 2.92 bits per heavy atom. The maximum absolute atomic E-state index is 14.0. The second-order valence-corrected chi connectivity index (χ2v) is 6.05. The molecule has 1 amide bonds. The van der Waals surface area contributed by atoms with E-state index in [0.29, 0.717) is 23.5 Å². The van der Waals surface area contributed by atoms with Gasteiger partial charge >= 0.3 is 0 Å². The summed E-state index contributed by atoms with van der Waals surface area (Å²) in [4.78, 5) is 16.6. The molecule has 0 spiro atoms. The largest absolute Gasteiger partial charge is 0.494 e. The number of rotatable bonds is 7. The maximum Gasteiger partial charge on any atom is 0.251 e. The molecule has 3 aromatic rings. The highest BCUT2D eigenvalue weighted by Crippen LogP contribution is 2.18. The van der Waals surface area contributed by atoms with E-state index in [1.54, 1.807) is 36.5 Å². The molecule has 0 unspecified atom stereocenters. The zero-order valence-electron chi connectivity index (χ0n) is 14.7. The van der Waals surface area contributed by atoms with E-state index in [-0.39, 0.29) is 18.3 Å². The number of ether oxygens (including phenoxy) is 1. The van der Waals surface area contributed by atoms with Gasteiger partial charge in [0.25, 0.3) is 5.91 Å². The number of nitrogens with zero attached hydrogens (tertiary/aromatic N) is 1. The van der Waals surface area contributed by atoms with Crippen LogP contribution >= 0.6 is 0 Å². The molecule has 0 fully saturated rings. The first-order chi connectivity index (χ1) is 12.7. The van der Waals surface area contributed by atoms with Crippen LogP contribution in [0.1, 0.15) is 35.7 Å². The number of hydrogen-bond donors (Lipinski definition) is 1. The number of amides is 1. The van der Waals surface area contributed by atoms with Crippen LogP contribution in [-0.4, -0.2) is 17.5 Å². The third-order valence-corrected chi connectivity index (χ3v) is 4.09. The maximum atomic E-state index is 14.0. The van der Waals surface area contributed by atoms with Gasteiger partial charge in [0.2, 0.25) is 0 Å². The van der Waals surface area contributed by atoms with Crippen LogP contribution in [0, 0.1) is 5.82 Å². The number of pyridine rings is 1. The fourth-order valence-electron chi connectivity index (χ4n) is 2.61. The Bertz CT molecular complexity index is 911. The molecule has 3 rings (SSSR count). The van der Waals surface area contributed by atoms with Crippen LogP contribution in [0.25, 0.3) is 10.9 Å². The van der Waals surface area contributed by atoms with Crippen molar-refractivity contribution in [3.63, 3.8) is 0 Å². The highest BCUT2D eigenvalue weighted by atomic mass is 19.1. The number of carbonyl (C=O) groups excluding carboxylic acids is 1. The normalized spacial score (nSPS) is 10.7. The lowest BCUT2D eigenvalue weighted by Crippen LogP contribution is -2.23. The Hall–Kier alpha value is -2.95. The Kier molecular flexibility index (Phi) is 5.79. The summed E-state index contributed by atoms with van der Waals surface area (Å²) in [6, 6.07) is 13.6. The standard InChI is InChI=1S/C21H21FN2O2/c1-2-3-11-26-18-7-8-19(22)17(13-18)14-24-21(25)16-6-9-20-15(12-16)5-4-10-23-20/h4-10,12-13H,2-3,11,14H2,1H3,(H,24,25). The number of carbonyl (C=O) groups is 1. The van der Waals surface area contributed by atoms with Crippen molar-refractivity contribution >= 4 is 16.8 Å². The summed E-state index contributed by atoms with van der Waals surface area (Å²) in [5.41, 5.74) is 1.74. The quantitative estimate of drug-likeness (QED) is 0.638. The second-order valence-electron chi connectivity index (χ2n) is 6.05. The van der Waals surface area contributed by atoms with Crippen molar-refractivity contribution in [2.24, 2.45) is 0 Å². The van der Waals surface area contributed by atoms with Crippen molar-refractivity contribution in [2.75, 3.05) is 6.61 Å². The summed E-state index contributed by atoms with van der Waals surface area (Å²) in [6.45, 7) is 2.78. The van der Waals surface area contributed by atoms with Crippen molar-refractivity contribution in [3.05, 3.63) is 71.7 Å². The van der Waals surface area contributed by atoms with E-state index in [1.807, 2.05) is 12.1 Å². The average molecular weight is 352 g/mol. The smallest absolute Gasteiger partial charge is 0.251 e. The summed E-state index contributed by atoms with van der Waals surface area (Å²) in [7, 11) is 0. The lowest BCUT2D eigenvalue weighted by molar-refractivity contribution is 0.0950. The lowest BCUT2D eigenvalue weighted by Gasteiger charge is -2.10. The zero-order valence-corrected chi connectivity index (χ0v) is 14.7. The molecule has 0 saturated heterocycles. The summed E-state index contributed by atoms with van der Waals surface area (Å²) in [5.74, 6) is -0.0100. The molecule has 0 bridgehead atoms. The molecule has 0 aliphatic carbocycles. The van der Waals surface area contributed by atoms with Crippen molar-refractivity contribution in [1.29, 1.82) is 0 Å². The molecule has 0 aliphatic rings. The summed E-state index contributed by atoms with van der Waals surface area (Å²) in [5, 5.41) is 3.65. The first kappa shape index (κ1) is 17.9. The molecule has 0 atom stereocenters. The zero-order chi connectivity index (χ0) is 18.4. The number of halogens is 1. The minimum Gasteiger partial charge on any atom is -0.494 e. The summed E-state index contributed by atoms with van der Waals surface area (Å²) in [6.07, 6.45) is 3.69. The van der Waals surface area contributed by atoms with Crippen molar-refractivity contribution in [2.45, 2.75) is 26.3 Å². The van der Waals surface area contributed by atoms with E-state index in [4.69, 9.17) is 4.74 Å². The van der Waals surface area contributed by atoms with Gasteiger partial charge < -0.3 is 10.1 Å². The average Bonchev–Trinajstić information content (AvgIpc) is 2.67. The van der Waals surface area contributed by atoms with Crippen molar-refractivity contribution in [3.8, 4) is 5.75 Å². The highest BCUT2D eigenvalue weighted by molar-refractivity contribution is 5.97. The van der Waals surface area contributed by atoms with E-state index < -0.39 is 0 Å². The van der Waals surface area contributed by atoms with E-state index in [9.17, 15) is 9.18 Å². The monoisotopic (exact) mass is 352 g/mol. The minimum atomic E-state index is -0.365. The van der Waals surface area contributed by atoms with Crippen LogP contribution in [0.2, 0.25) is 0 Å². The Morgan fingerprint density at radius 1 is 1.19 bits per heavy atom. The van der Waals surface area contributed by atoms with Gasteiger partial charge in [0.1, 0.15) is 11.6 Å². The van der Waals surface area contributed by atoms with Crippen molar-refractivity contribution in [1.82, 2.24) is 10.3 Å². The molecule has 5 heteroatoms. The van der Waals surface area contributed by atoms with Crippen LogP contribution in [0.15, 0.2) is 54.7 Å². The van der Waals surface area contributed by atoms with E-state index in [0.717, 1.165) is 23.7 Å². The molecule has 4 nitrogen and oxygen atoms in total. The number of nitrogens with one attached hydrogen (secondary N) is 1. The Morgan fingerprint density at radius 2 is 2.08 bits per heavy atom.